The third kappa shape index (κ3) is 4.94. The highest BCUT2D eigenvalue weighted by atomic mass is 35.5. The summed E-state index contributed by atoms with van der Waals surface area (Å²) in [4.78, 5) is 5.60. The summed E-state index contributed by atoms with van der Waals surface area (Å²) < 4.78 is 0. The molecule has 152 valence electrons. The number of anilines is 2. The van der Waals surface area contributed by atoms with Gasteiger partial charge in [0, 0.05) is 30.8 Å². The number of aliphatic hydroxyl groups excluding tert-OH is 1. The standard InChI is InChI=1S/C20H26ClN5O.ClH/c1-4-26(9-10-27)17-7-5-15(6-8-17)13-22-23-18-11-16(21)12-19-20(18)25(3)14-24(19)2;/h5-8,11-12,27H,4,9-10,13-14H2,1-3H3;1H. The molecule has 0 fully saturated rings. The molecule has 28 heavy (non-hydrogen) atoms. The molecule has 2 N–H and O–H groups in total. The third-order valence-corrected chi connectivity index (χ3v) is 5.08. The van der Waals surface area contributed by atoms with Crippen LogP contribution >= 0.6 is 11.6 Å². The van der Waals surface area contributed by atoms with Crippen LogP contribution in [0.25, 0.3) is 0 Å². The molecule has 3 rings (SSSR count). The molecule has 1 unspecified atom stereocenters. The Morgan fingerprint density at radius 1 is 1.25 bits per heavy atom. The summed E-state index contributed by atoms with van der Waals surface area (Å²) in [5.41, 5.74) is 5.29. The van der Waals surface area contributed by atoms with Gasteiger partial charge in [-0.05, 0) is 36.8 Å². The Bertz CT molecular complexity index is 813. The number of aliphatic hydroxyl groups is 1. The number of halogens is 2. The van der Waals surface area contributed by atoms with Gasteiger partial charge in [0.1, 0.15) is 11.4 Å². The van der Waals surface area contributed by atoms with Gasteiger partial charge in [-0.3, -0.25) is 4.90 Å². The van der Waals surface area contributed by atoms with Crippen LogP contribution in [0.2, 0.25) is 5.02 Å². The molecule has 2 aromatic carbocycles. The zero-order valence-corrected chi connectivity index (χ0v) is 18.0. The molecule has 8 heteroatoms. The Hall–Kier alpha value is -1.86. The number of hydrogen-bond acceptors (Lipinski definition) is 5. The lowest BCUT2D eigenvalue weighted by Crippen LogP contribution is -3.03. The summed E-state index contributed by atoms with van der Waals surface area (Å²) in [5, 5.41) is 18.7. The summed E-state index contributed by atoms with van der Waals surface area (Å²) in [6.45, 7) is 5.14. The van der Waals surface area contributed by atoms with E-state index in [1.807, 2.05) is 12.1 Å². The van der Waals surface area contributed by atoms with Crippen molar-refractivity contribution in [2.24, 2.45) is 10.2 Å². The first-order chi connectivity index (χ1) is 13.0. The van der Waals surface area contributed by atoms with E-state index in [0.29, 0.717) is 18.1 Å². The molecule has 1 aliphatic heterocycles. The topological polar surface area (TPSA) is 55.9 Å². The molecule has 1 heterocycles. The van der Waals surface area contributed by atoms with Crippen LogP contribution < -0.4 is 27.1 Å². The second-order valence-electron chi connectivity index (χ2n) is 6.82. The van der Waals surface area contributed by atoms with Gasteiger partial charge in [-0.2, -0.15) is 5.11 Å². The van der Waals surface area contributed by atoms with Crippen molar-refractivity contribution < 1.29 is 22.4 Å². The molecule has 0 saturated carbocycles. The SMILES string of the molecule is CCN(CCO)c1ccc(CN=Nc2cc(Cl)cc3c2[NH+](C)CN3C)cc1.[Cl-]. The average Bonchev–Trinajstić information content (AvgIpc) is 2.94. The lowest BCUT2D eigenvalue weighted by molar-refractivity contribution is -0.802. The maximum absolute atomic E-state index is 9.15. The monoisotopic (exact) mass is 423 g/mol. The van der Waals surface area contributed by atoms with Crippen molar-refractivity contribution in [1.29, 1.82) is 0 Å². The molecule has 0 spiro atoms. The van der Waals surface area contributed by atoms with E-state index in [1.165, 1.54) is 4.90 Å². The Kier molecular flexibility index (Phi) is 8.07. The fraction of sp³-hybridized carbons (Fsp3) is 0.400. The predicted octanol–water partition coefficient (Wildman–Crippen LogP) is 0.00000000000000111. The molecule has 0 bridgehead atoms. The average molecular weight is 424 g/mol. The van der Waals surface area contributed by atoms with E-state index in [9.17, 15) is 0 Å². The maximum Gasteiger partial charge on any atom is 0.184 e. The van der Waals surface area contributed by atoms with Crippen molar-refractivity contribution in [2.45, 2.75) is 13.5 Å². The minimum Gasteiger partial charge on any atom is -1.00 e. The second kappa shape index (κ2) is 10.1. The van der Waals surface area contributed by atoms with E-state index in [0.717, 1.165) is 41.5 Å². The quantitative estimate of drug-likeness (QED) is 0.616. The summed E-state index contributed by atoms with van der Waals surface area (Å²) in [6.07, 6.45) is 0. The Morgan fingerprint density at radius 3 is 2.61 bits per heavy atom. The summed E-state index contributed by atoms with van der Waals surface area (Å²) >= 11 is 6.26. The zero-order valence-electron chi connectivity index (χ0n) is 16.5. The summed E-state index contributed by atoms with van der Waals surface area (Å²) in [6, 6.07) is 12.1. The van der Waals surface area contributed by atoms with E-state index in [4.69, 9.17) is 16.7 Å². The van der Waals surface area contributed by atoms with Crippen LogP contribution in [0, 0.1) is 0 Å². The van der Waals surface area contributed by atoms with Crippen molar-refractivity contribution >= 4 is 34.4 Å². The first-order valence-electron chi connectivity index (χ1n) is 9.23. The number of benzene rings is 2. The Morgan fingerprint density at radius 2 is 1.96 bits per heavy atom. The number of likely N-dealkylation sites (N-methyl/N-ethyl adjacent to an activating group) is 1. The number of nitrogens with zero attached hydrogens (tertiary/aromatic N) is 4. The van der Waals surface area contributed by atoms with Crippen LogP contribution in [0.5, 0.6) is 0 Å². The normalized spacial score (nSPS) is 15.6. The molecule has 0 aromatic heterocycles. The van der Waals surface area contributed by atoms with Gasteiger partial charge in [0.15, 0.2) is 12.4 Å². The Balaban J connectivity index is 0.00000280. The highest BCUT2D eigenvalue weighted by molar-refractivity contribution is 6.31. The van der Waals surface area contributed by atoms with E-state index in [1.54, 1.807) is 0 Å². The van der Waals surface area contributed by atoms with Crippen molar-refractivity contribution in [1.82, 2.24) is 0 Å². The largest absolute Gasteiger partial charge is 1.00 e. The molecular weight excluding hydrogens is 397 g/mol. The van der Waals surface area contributed by atoms with Gasteiger partial charge in [0.05, 0.1) is 20.2 Å². The summed E-state index contributed by atoms with van der Waals surface area (Å²) in [7, 11) is 4.18. The lowest BCUT2D eigenvalue weighted by atomic mass is 10.2. The molecule has 6 nitrogen and oxygen atoms in total. The number of rotatable bonds is 7. The lowest BCUT2D eigenvalue weighted by Gasteiger charge is -2.22. The zero-order chi connectivity index (χ0) is 19.4. The van der Waals surface area contributed by atoms with Crippen LogP contribution in [-0.2, 0) is 6.54 Å². The van der Waals surface area contributed by atoms with Gasteiger partial charge in [-0.1, -0.05) is 23.7 Å². The highest BCUT2D eigenvalue weighted by Gasteiger charge is 2.29. The van der Waals surface area contributed by atoms with Gasteiger partial charge < -0.3 is 27.3 Å². The van der Waals surface area contributed by atoms with Crippen molar-refractivity contribution in [3.63, 3.8) is 0 Å². The number of hydrogen-bond donors (Lipinski definition) is 2. The van der Waals surface area contributed by atoms with Crippen LogP contribution in [-0.4, -0.2) is 45.6 Å². The van der Waals surface area contributed by atoms with Gasteiger partial charge in [-0.15, -0.1) is 5.11 Å². The van der Waals surface area contributed by atoms with Gasteiger partial charge in [0.2, 0.25) is 0 Å². The smallest absolute Gasteiger partial charge is 0.184 e. The second-order valence-corrected chi connectivity index (χ2v) is 7.26. The van der Waals surface area contributed by atoms with Crippen LogP contribution in [0.15, 0.2) is 46.6 Å². The van der Waals surface area contributed by atoms with Crippen molar-refractivity contribution in [3.05, 3.63) is 47.0 Å². The van der Waals surface area contributed by atoms with E-state index < -0.39 is 0 Å². The third-order valence-electron chi connectivity index (χ3n) is 4.86. The van der Waals surface area contributed by atoms with E-state index >= 15 is 0 Å². The molecule has 0 radical (unpaired) electrons. The van der Waals surface area contributed by atoms with E-state index in [-0.39, 0.29) is 19.0 Å². The number of quaternary nitrogens is 1. The van der Waals surface area contributed by atoms with E-state index in [2.05, 4.69) is 65.3 Å². The summed E-state index contributed by atoms with van der Waals surface area (Å²) in [5.74, 6) is 0. The minimum atomic E-state index is 0. The number of nitrogens with one attached hydrogen (secondary N) is 1. The molecule has 1 atom stereocenters. The maximum atomic E-state index is 9.15. The van der Waals surface area contributed by atoms with Crippen LogP contribution in [0.3, 0.4) is 0 Å². The van der Waals surface area contributed by atoms with Gasteiger partial charge >= 0.3 is 0 Å². The van der Waals surface area contributed by atoms with Crippen LogP contribution in [0.4, 0.5) is 22.7 Å². The first-order valence-corrected chi connectivity index (χ1v) is 9.61. The number of azo groups is 1. The molecule has 2 aromatic rings. The number of fused-ring (bicyclic) bond motifs is 1. The first kappa shape index (κ1) is 22.4. The molecule has 1 aliphatic rings. The predicted molar refractivity (Wildman–Crippen MR) is 111 cm³/mol. The molecule has 0 amide bonds. The molecule has 0 aliphatic carbocycles. The van der Waals surface area contributed by atoms with Gasteiger partial charge in [0.25, 0.3) is 0 Å². The van der Waals surface area contributed by atoms with Gasteiger partial charge in [-0.25, -0.2) is 0 Å². The van der Waals surface area contributed by atoms with Crippen molar-refractivity contribution in [3.8, 4) is 0 Å². The Labute approximate surface area is 177 Å². The fourth-order valence-corrected chi connectivity index (χ4v) is 3.72. The highest BCUT2D eigenvalue weighted by Crippen LogP contribution is 2.37. The van der Waals surface area contributed by atoms with Crippen molar-refractivity contribution in [2.75, 3.05) is 50.3 Å². The molecule has 0 saturated heterocycles. The molecular formula is C20H27Cl2N5O. The van der Waals surface area contributed by atoms with Crippen LogP contribution in [0.1, 0.15) is 12.5 Å². The fourth-order valence-electron chi connectivity index (χ4n) is 3.51. The minimum absolute atomic E-state index is 0.